The first-order valence-corrected chi connectivity index (χ1v) is 7.56. The van der Waals surface area contributed by atoms with Gasteiger partial charge in [-0.3, -0.25) is 10.1 Å². The van der Waals surface area contributed by atoms with Crippen molar-refractivity contribution in [2.45, 2.75) is 0 Å². The van der Waals surface area contributed by atoms with Crippen LogP contribution in [0.25, 0.3) is 11.5 Å². The molecule has 0 radical (unpaired) electrons. The average molecular weight is 376 g/mol. The van der Waals surface area contributed by atoms with Gasteiger partial charge in [-0.2, -0.15) is 0 Å². The molecule has 0 aliphatic rings. The Bertz CT molecular complexity index is 897. The minimum absolute atomic E-state index is 0.0683. The topological polar surface area (TPSA) is 68.0 Å². The third-order valence-corrected chi connectivity index (χ3v) is 4.20. The monoisotopic (exact) mass is 375 g/mol. The largest absolute Gasteiger partial charge is 0.403 e. The second kappa shape index (κ2) is 6.23. The highest BCUT2D eigenvalue weighted by Crippen LogP contribution is 2.37. The van der Waals surface area contributed by atoms with Crippen molar-refractivity contribution < 1.29 is 18.0 Å². The molecule has 0 fully saturated rings. The van der Waals surface area contributed by atoms with Gasteiger partial charge in [0.2, 0.25) is 0 Å². The van der Waals surface area contributed by atoms with Gasteiger partial charge in [-0.25, -0.2) is 8.78 Å². The minimum Gasteiger partial charge on any atom is -0.403 e. The van der Waals surface area contributed by atoms with Gasteiger partial charge in [-0.1, -0.05) is 28.3 Å². The third kappa shape index (κ3) is 3.34. The minimum atomic E-state index is -1.14. The fraction of sp³-hybridized carbons (Fsp3) is 0. The summed E-state index contributed by atoms with van der Waals surface area (Å²) in [6, 6.07) is 4.06. The molecule has 0 atom stereocenters. The zero-order valence-electron chi connectivity index (χ0n) is 10.9. The van der Waals surface area contributed by atoms with E-state index in [-0.39, 0.29) is 17.5 Å². The molecule has 1 aromatic carbocycles. The number of hydrogen-bond donors (Lipinski definition) is 1. The number of anilines is 1. The third-order valence-electron chi connectivity index (χ3n) is 2.71. The number of benzene rings is 1. The van der Waals surface area contributed by atoms with Crippen LogP contribution in [0.2, 0.25) is 8.67 Å². The number of aromatic nitrogens is 2. The summed E-state index contributed by atoms with van der Waals surface area (Å²) in [5.74, 6) is -2.85. The first kappa shape index (κ1) is 15.9. The van der Waals surface area contributed by atoms with Gasteiger partial charge < -0.3 is 4.42 Å². The van der Waals surface area contributed by atoms with Crippen molar-refractivity contribution in [3.63, 3.8) is 0 Å². The van der Waals surface area contributed by atoms with Gasteiger partial charge in [-0.05, 0) is 24.3 Å². The van der Waals surface area contributed by atoms with Crippen molar-refractivity contribution in [1.29, 1.82) is 0 Å². The molecule has 0 bridgehead atoms. The van der Waals surface area contributed by atoms with Gasteiger partial charge in [-0.15, -0.1) is 16.4 Å². The molecule has 0 saturated carbocycles. The van der Waals surface area contributed by atoms with Gasteiger partial charge in [0, 0.05) is 5.56 Å². The number of amides is 1. The molecule has 1 amide bonds. The second-order valence-electron chi connectivity index (χ2n) is 4.23. The number of thiophene rings is 1. The lowest BCUT2D eigenvalue weighted by atomic mass is 10.2. The highest BCUT2D eigenvalue weighted by molar-refractivity contribution is 7.20. The molecule has 0 unspecified atom stereocenters. The van der Waals surface area contributed by atoms with Crippen molar-refractivity contribution >= 4 is 46.5 Å². The summed E-state index contributed by atoms with van der Waals surface area (Å²) in [5, 5.41) is 9.65. The van der Waals surface area contributed by atoms with Crippen molar-refractivity contribution in [2.24, 2.45) is 0 Å². The van der Waals surface area contributed by atoms with Crippen LogP contribution in [-0.2, 0) is 0 Å². The molecule has 10 heteroatoms. The standard InChI is InChI=1S/C13H5Cl2F2N3O2S/c14-9-4-6(10(15)23-9)12-19-20-13(22-12)18-11(21)5-1-2-7(16)8(17)3-5/h1-4H,(H,18,20,21). The van der Waals surface area contributed by atoms with Crippen LogP contribution >= 0.6 is 34.5 Å². The van der Waals surface area contributed by atoms with E-state index in [1.54, 1.807) is 6.07 Å². The van der Waals surface area contributed by atoms with Crippen molar-refractivity contribution in [1.82, 2.24) is 10.2 Å². The Labute approximate surface area is 141 Å². The molecule has 2 heterocycles. The van der Waals surface area contributed by atoms with Crippen LogP contribution in [0.4, 0.5) is 14.8 Å². The van der Waals surface area contributed by atoms with E-state index in [4.69, 9.17) is 27.6 Å². The first-order valence-electron chi connectivity index (χ1n) is 5.99. The summed E-state index contributed by atoms with van der Waals surface area (Å²) in [5.41, 5.74) is 0.336. The molecule has 0 saturated heterocycles. The summed E-state index contributed by atoms with van der Waals surface area (Å²) in [6.07, 6.45) is 0. The number of carbonyl (C=O) groups is 1. The lowest BCUT2D eigenvalue weighted by Gasteiger charge is -2.01. The van der Waals surface area contributed by atoms with Crippen molar-refractivity contribution in [2.75, 3.05) is 5.32 Å². The average Bonchev–Trinajstić information content (AvgIpc) is 3.08. The van der Waals surface area contributed by atoms with Crippen LogP contribution < -0.4 is 5.32 Å². The van der Waals surface area contributed by atoms with Crippen molar-refractivity contribution in [3.8, 4) is 11.5 Å². The van der Waals surface area contributed by atoms with Crippen LogP contribution in [0.5, 0.6) is 0 Å². The van der Waals surface area contributed by atoms with E-state index in [0.717, 1.165) is 29.5 Å². The van der Waals surface area contributed by atoms with E-state index >= 15 is 0 Å². The molecule has 118 valence electrons. The molecule has 3 rings (SSSR count). The van der Waals surface area contributed by atoms with E-state index in [1.165, 1.54) is 0 Å². The Kier molecular flexibility index (Phi) is 4.29. The maximum Gasteiger partial charge on any atom is 0.322 e. The van der Waals surface area contributed by atoms with Crippen LogP contribution in [0, 0.1) is 11.6 Å². The van der Waals surface area contributed by atoms with E-state index in [2.05, 4.69) is 15.5 Å². The molecule has 2 aromatic heterocycles. The first-order chi connectivity index (χ1) is 10.9. The summed E-state index contributed by atoms with van der Waals surface area (Å²) in [7, 11) is 0. The molecular weight excluding hydrogens is 371 g/mol. The Balaban J connectivity index is 1.80. The lowest BCUT2D eigenvalue weighted by Crippen LogP contribution is -2.12. The van der Waals surface area contributed by atoms with Crippen LogP contribution in [-0.4, -0.2) is 16.1 Å². The molecule has 23 heavy (non-hydrogen) atoms. The van der Waals surface area contributed by atoms with E-state index in [1.807, 2.05) is 0 Å². The van der Waals surface area contributed by atoms with E-state index in [0.29, 0.717) is 14.2 Å². The smallest absolute Gasteiger partial charge is 0.322 e. The van der Waals surface area contributed by atoms with E-state index < -0.39 is 17.5 Å². The number of carbonyl (C=O) groups excluding carboxylic acids is 1. The summed E-state index contributed by atoms with van der Waals surface area (Å²) in [4.78, 5) is 11.9. The molecule has 3 aromatic rings. The van der Waals surface area contributed by atoms with Gasteiger partial charge >= 0.3 is 6.01 Å². The fourth-order valence-electron chi connectivity index (χ4n) is 1.68. The number of halogens is 4. The SMILES string of the molecule is O=C(Nc1nnc(-c2cc(Cl)sc2Cl)o1)c1ccc(F)c(F)c1. The second-order valence-corrected chi connectivity index (χ2v) is 6.52. The molecule has 0 spiro atoms. The van der Waals surface area contributed by atoms with Crippen LogP contribution in [0.15, 0.2) is 28.7 Å². The maximum absolute atomic E-state index is 13.1. The summed E-state index contributed by atoms with van der Waals surface area (Å²) >= 11 is 12.9. The Morgan fingerprint density at radius 2 is 1.96 bits per heavy atom. The quantitative estimate of drug-likeness (QED) is 0.724. The Hall–Kier alpha value is -2.03. The Morgan fingerprint density at radius 1 is 1.17 bits per heavy atom. The predicted molar refractivity (Wildman–Crippen MR) is 81.9 cm³/mol. The van der Waals surface area contributed by atoms with Crippen LogP contribution in [0.3, 0.4) is 0 Å². The fourth-order valence-corrected chi connectivity index (χ4v) is 3.12. The highest BCUT2D eigenvalue weighted by atomic mass is 35.5. The highest BCUT2D eigenvalue weighted by Gasteiger charge is 2.17. The number of nitrogens with one attached hydrogen (secondary N) is 1. The van der Waals surface area contributed by atoms with Gasteiger partial charge in [0.25, 0.3) is 11.8 Å². The Morgan fingerprint density at radius 3 is 2.61 bits per heavy atom. The molecule has 1 N–H and O–H groups in total. The van der Waals surface area contributed by atoms with Crippen molar-refractivity contribution in [3.05, 3.63) is 50.1 Å². The van der Waals surface area contributed by atoms with Gasteiger partial charge in [0.1, 0.15) is 4.34 Å². The maximum atomic E-state index is 13.1. The molecular formula is C13H5Cl2F2N3O2S. The van der Waals surface area contributed by atoms with E-state index in [9.17, 15) is 13.6 Å². The van der Waals surface area contributed by atoms with Gasteiger partial charge in [0.15, 0.2) is 11.6 Å². The zero-order chi connectivity index (χ0) is 16.6. The molecule has 0 aliphatic heterocycles. The molecule has 5 nitrogen and oxygen atoms in total. The summed E-state index contributed by atoms with van der Waals surface area (Å²) < 4.78 is 32.0. The number of nitrogens with zero attached hydrogens (tertiary/aromatic N) is 2. The number of rotatable bonds is 3. The number of hydrogen-bond acceptors (Lipinski definition) is 5. The molecule has 0 aliphatic carbocycles. The summed E-state index contributed by atoms with van der Waals surface area (Å²) in [6.45, 7) is 0. The zero-order valence-corrected chi connectivity index (χ0v) is 13.3. The van der Waals surface area contributed by atoms with Crippen LogP contribution in [0.1, 0.15) is 10.4 Å². The van der Waals surface area contributed by atoms with Gasteiger partial charge in [0.05, 0.1) is 9.90 Å². The predicted octanol–water partition coefficient (Wildman–Crippen LogP) is 4.64. The normalized spacial score (nSPS) is 10.8. The lowest BCUT2D eigenvalue weighted by molar-refractivity contribution is 0.102.